The molecule has 0 spiro atoms. The number of likely N-dealkylation sites (tertiary alicyclic amines) is 1. The summed E-state index contributed by atoms with van der Waals surface area (Å²) in [6.45, 7) is 6.38. The van der Waals surface area contributed by atoms with Crippen molar-refractivity contribution in [3.8, 4) is 0 Å². The number of thioether (sulfide) groups is 1. The number of rotatable bonds is 5. The van der Waals surface area contributed by atoms with Crippen LogP contribution in [0.5, 0.6) is 0 Å². The van der Waals surface area contributed by atoms with Crippen LogP contribution in [0, 0.1) is 5.92 Å². The molecule has 1 saturated heterocycles. The molecule has 3 atom stereocenters. The number of carboxylic acid groups (broad SMARTS) is 1. The van der Waals surface area contributed by atoms with Gasteiger partial charge in [0.1, 0.15) is 0 Å². The summed E-state index contributed by atoms with van der Waals surface area (Å²) in [7, 11) is 0. The Labute approximate surface area is 112 Å². The third-order valence-corrected chi connectivity index (χ3v) is 4.42. The van der Waals surface area contributed by atoms with E-state index in [0.29, 0.717) is 13.0 Å². The lowest BCUT2D eigenvalue weighted by molar-refractivity contribution is -0.142. The van der Waals surface area contributed by atoms with Crippen LogP contribution in [0.25, 0.3) is 0 Å². The Hall–Kier alpha value is -0.910. The Morgan fingerprint density at radius 2 is 2.22 bits per heavy atom. The fourth-order valence-electron chi connectivity index (χ4n) is 2.19. The number of hydrogen-bond donors (Lipinski definition) is 2. The Morgan fingerprint density at radius 1 is 1.56 bits per heavy atom. The number of carboxylic acids is 1. The molecule has 18 heavy (non-hydrogen) atoms. The van der Waals surface area contributed by atoms with Crippen molar-refractivity contribution in [3.05, 3.63) is 0 Å². The zero-order valence-electron chi connectivity index (χ0n) is 11.2. The second-order valence-electron chi connectivity index (χ2n) is 4.68. The van der Waals surface area contributed by atoms with Gasteiger partial charge in [0.05, 0.1) is 5.92 Å². The number of amides is 2. The molecule has 0 radical (unpaired) electrons. The van der Waals surface area contributed by atoms with Crippen LogP contribution in [0.15, 0.2) is 0 Å². The molecule has 1 rings (SSSR count). The van der Waals surface area contributed by atoms with Crippen molar-refractivity contribution in [1.29, 1.82) is 0 Å². The molecule has 0 aromatic carbocycles. The van der Waals surface area contributed by atoms with Gasteiger partial charge in [-0.15, -0.1) is 0 Å². The van der Waals surface area contributed by atoms with Crippen molar-refractivity contribution in [2.75, 3.05) is 18.1 Å². The second kappa shape index (κ2) is 6.87. The van der Waals surface area contributed by atoms with Gasteiger partial charge in [-0.05, 0) is 26.0 Å². The molecule has 6 heteroatoms. The van der Waals surface area contributed by atoms with E-state index in [1.54, 1.807) is 23.6 Å². The van der Waals surface area contributed by atoms with Crippen LogP contribution in [0.2, 0.25) is 0 Å². The molecule has 3 unspecified atom stereocenters. The lowest BCUT2D eigenvalue weighted by Crippen LogP contribution is -2.47. The van der Waals surface area contributed by atoms with Gasteiger partial charge >= 0.3 is 12.0 Å². The maximum Gasteiger partial charge on any atom is 0.317 e. The van der Waals surface area contributed by atoms with E-state index in [-0.39, 0.29) is 18.1 Å². The maximum absolute atomic E-state index is 12.0. The molecular weight excluding hydrogens is 252 g/mol. The molecule has 104 valence electrons. The predicted molar refractivity (Wildman–Crippen MR) is 72.9 cm³/mol. The van der Waals surface area contributed by atoms with Crippen molar-refractivity contribution < 1.29 is 14.7 Å². The van der Waals surface area contributed by atoms with Crippen LogP contribution < -0.4 is 5.32 Å². The highest BCUT2D eigenvalue weighted by molar-refractivity contribution is 7.99. The third-order valence-electron chi connectivity index (χ3n) is 3.27. The van der Waals surface area contributed by atoms with Gasteiger partial charge < -0.3 is 15.3 Å². The first-order valence-electron chi connectivity index (χ1n) is 6.35. The van der Waals surface area contributed by atoms with Crippen LogP contribution in [0.3, 0.4) is 0 Å². The lowest BCUT2D eigenvalue weighted by atomic mass is 10.0. The molecule has 1 heterocycles. The van der Waals surface area contributed by atoms with Gasteiger partial charge in [-0.2, -0.15) is 11.8 Å². The van der Waals surface area contributed by atoms with Gasteiger partial charge in [-0.3, -0.25) is 4.79 Å². The molecule has 1 aliphatic rings. The molecule has 5 nitrogen and oxygen atoms in total. The SMILES string of the molecule is CCSCC(C)NC(=O)N1CCC(C(=O)O)C1C. The highest BCUT2D eigenvalue weighted by Gasteiger charge is 2.38. The van der Waals surface area contributed by atoms with E-state index >= 15 is 0 Å². The Balaban J connectivity index is 2.45. The van der Waals surface area contributed by atoms with Gasteiger partial charge in [0.2, 0.25) is 0 Å². The summed E-state index contributed by atoms with van der Waals surface area (Å²) in [5.74, 6) is 0.664. The van der Waals surface area contributed by atoms with Gasteiger partial charge in [0.25, 0.3) is 0 Å². The fourth-order valence-corrected chi connectivity index (χ4v) is 2.86. The fraction of sp³-hybridized carbons (Fsp3) is 0.833. The zero-order chi connectivity index (χ0) is 13.7. The highest BCUT2D eigenvalue weighted by atomic mass is 32.2. The first kappa shape index (κ1) is 15.1. The van der Waals surface area contributed by atoms with E-state index in [1.165, 1.54) is 0 Å². The number of urea groups is 1. The summed E-state index contributed by atoms with van der Waals surface area (Å²) in [4.78, 5) is 24.6. The molecule has 0 bridgehead atoms. The normalized spacial score (nSPS) is 24.9. The van der Waals surface area contributed by atoms with E-state index < -0.39 is 11.9 Å². The van der Waals surface area contributed by atoms with Crippen LogP contribution >= 0.6 is 11.8 Å². The highest BCUT2D eigenvalue weighted by Crippen LogP contribution is 2.24. The monoisotopic (exact) mass is 274 g/mol. The summed E-state index contributed by atoms with van der Waals surface area (Å²) in [5, 5.41) is 11.9. The molecule has 1 aliphatic heterocycles. The molecule has 1 fully saturated rings. The van der Waals surface area contributed by atoms with E-state index in [0.717, 1.165) is 11.5 Å². The molecule has 0 saturated carbocycles. The first-order chi connectivity index (χ1) is 8.47. The average Bonchev–Trinajstić information content (AvgIpc) is 2.68. The molecular formula is C12H22N2O3S. The zero-order valence-corrected chi connectivity index (χ0v) is 12.0. The van der Waals surface area contributed by atoms with Crippen molar-refractivity contribution >= 4 is 23.8 Å². The van der Waals surface area contributed by atoms with Crippen LogP contribution in [0.1, 0.15) is 27.2 Å². The standard InChI is InChI=1S/C12H22N2O3S/c1-4-18-7-8(2)13-12(17)14-6-5-10(9(14)3)11(15)16/h8-10H,4-7H2,1-3H3,(H,13,17)(H,15,16). The van der Waals surface area contributed by atoms with Crippen molar-refractivity contribution in [1.82, 2.24) is 10.2 Å². The number of hydrogen-bond acceptors (Lipinski definition) is 3. The van der Waals surface area contributed by atoms with Gasteiger partial charge in [-0.25, -0.2) is 4.79 Å². The van der Waals surface area contributed by atoms with E-state index in [1.807, 2.05) is 6.92 Å². The quantitative estimate of drug-likeness (QED) is 0.799. The maximum atomic E-state index is 12.0. The first-order valence-corrected chi connectivity index (χ1v) is 7.50. The van der Waals surface area contributed by atoms with Crippen molar-refractivity contribution in [2.45, 2.75) is 39.3 Å². The Bertz CT molecular complexity index is 312. The Morgan fingerprint density at radius 3 is 2.72 bits per heavy atom. The van der Waals surface area contributed by atoms with Crippen molar-refractivity contribution in [2.24, 2.45) is 5.92 Å². The largest absolute Gasteiger partial charge is 0.481 e. The van der Waals surface area contributed by atoms with E-state index in [9.17, 15) is 9.59 Å². The second-order valence-corrected chi connectivity index (χ2v) is 6.00. The summed E-state index contributed by atoms with van der Waals surface area (Å²) in [6, 6.07) is -0.262. The number of carbonyl (C=O) groups is 2. The van der Waals surface area contributed by atoms with Gasteiger partial charge in [0, 0.05) is 24.4 Å². The van der Waals surface area contributed by atoms with E-state index in [4.69, 9.17) is 5.11 Å². The van der Waals surface area contributed by atoms with Crippen LogP contribution in [0.4, 0.5) is 4.79 Å². The molecule has 0 aromatic rings. The molecule has 2 N–H and O–H groups in total. The minimum Gasteiger partial charge on any atom is -0.481 e. The number of aliphatic carboxylic acids is 1. The number of carbonyl (C=O) groups excluding carboxylic acids is 1. The lowest BCUT2D eigenvalue weighted by Gasteiger charge is -2.25. The van der Waals surface area contributed by atoms with Crippen molar-refractivity contribution in [3.63, 3.8) is 0 Å². The number of nitrogens with one attached hydrogen (secondary N) is 1. The summed E-state index contributed by atoms with van der Waals surface area (Å²) in [6.07, 6.45) is 0.544. The molecule has 2 amide bonds. The average molecular weight is 274 g/mol. The van der Waals surface area contributed by atoms with E-state index in [2.05, 4.69) is 12.2 Å². The third kappa shape index (κ3) is 3.80. The van der Waals surface area contributed by atoms with Gasteiger partial charge in [-0.1, -0.05) is 6.92 Å². The predicted octanol–water partition coefficient (Wildman–Crippen LogP) is 1.63. The Kier molecular flexibility index (Phi) is 5.78. The topological polar surface area (TPSA) is 69.6 Å². The minimum atomic E-state index is -0.813. The summed E-state index contributed by atoms with van der Waals surface area (Å²) in [5.41, 5.74) is 0. The van der Waals surface area contributed by atoms with Crippen LogP contribution in [-0.2, 0) is 4.79 Å². The van der Waals surface area contributed by atoms with Crippen LogP contribution in [-0.4, -0.2) is 52.1 Å². The smallest absolute Gasteiger partial charge is 0.317 e. The molecule has 0 aromatic heterocycles. The minimum absolute atomic E-state index is 0.110. The number of nitrogens with zero attached hydrogens (tertiary/aromatic N) is 1. The summed E-state index contributed by atoms with van der Waals surface area (Å²) >= 11 is 1.78. The molecule has 0 aliphatic carbocycles. The summed E-state index contributed by atoms with van der Waals surface area (Å²) < 4.78 is 0. The van der Waals surface area contributed by atoms with Gasteiger partial charge in [0.15, 0.2) is 0 Å².